The fourth-order valence-electron chi connectivity index (χ4n) is 2.80. The van der Waals surface area contributed by atoms with E-state index in [0.717, 1.165) is 16.8 Å². The number of benzene rings is 2. The number of ether oxygens (including phenoxy) is 4. The van der Waals surface area contributed by atoms with Gasteiger partial charge in [-0.25, -0.2) is 0 Å². The molecular weight excluding hydrogens is 322 g/mol. The molecule has 0 aliphatic carbocycles. The minimum Gasteiger partial charge on any atom is -0.497 e. The molecule has 6 nitrogen and oxygen atoms in total. The van der Waals surface area contributed by atoms with Crippen molar-refractivity contribution < 1.29 is 23.7 Å². The molecule has 1 N–H and O–H groups in total. The van der Waals surface area contributed by atoms with Crippen molar-refractivity contribution in [1.82, 2.24) is 0 Å². The molecule has 0 saturated heterocycles. The number of hydrogen-bond donors (Lipinski definition) is 1. The molecule has 25 heavy (non-hydrogen) atoms. The number of carbonyl (C=O) groups is 1. The van der Waals surface area contributed by atoms with E-state index in [4.69, 9.17) is 18.9 Å². The van der Waals surface area contributed by atoms with Crippen molar-refractivity contribution in [3.05, 3.63) is 41.5 Å². The van der Waals surface area contributed by atoms with Gasteiger partial charge in [0, 0.05) is 17.2 Å². The third kappa shape index (κ3) is 2.98. The molecule has 2 aromatic carbocycles. The van der Waals surface area contributed by atoms with E-state index in [1.165, 1.54) is 0 Å². The van der Waals surface area contributed by atoms with Crippen molar-refractivity contribution >= 4 is 23.2 Å². The first-order valence-corrected chi connectivity index (χ1v) is 7.62. The lowest BCUT2D eigenvalue weighted by Crippen LogP contribution is -2.03. The number of anilines is 1. The largest absolute Gasteiger partial charge is 0.497 e. The van der Waals surface area contributed by atoms with E-state index >= 15 is 0 Å². The van der Waals surface area contributed by atoms with Crippen LogP contribution in [0.4, 0.5) is 5.69 Å². The number of carbonyl (C=O) groups excluding carboxylic acids is 1. The molecule has 0 radical (unpaired) electrons. The summed E-state index contributed by atoms with van der Waals surface area (Å²) in [5.74, 6) is 2.09. The van der Waals surface area contributed by atoms with Gasteiger partial charge in [0.25, 0.3) is 5.91 Å². The second-order valence-corrected chi connectivity index (χ2v) is 5.38. The van der Waals surface area contributed by atoms with Crippen molar-refractivity contribution in [2.45, 2.75) is 0 Å². The van der Waals surface area contributed by atoms with Crippen molar-refractivity contribution in [2.24, 2.45) is 0 Å². The standard InChI is InChI=1S/C19H19NO5/c1-22-12-5-6-13-14(19(21)20-15(13)10-12)7-11-8-16(23-2)18(25-4)17(9-11)24-3/h5-10H,1-4H3,(H,20,21)/b14-7-. The van der Waals surface area contributed by atoms with E-state index in [2.05, 4.69) is 5.32 Å². The Kier molecular flexibility index (Phi) is 4.52. The van der Waals surface area contributed by atoms with Crippen LogP contribution in [0.5, 0.6) is 23.0 Å². The number of hydrogen-bond acceptors (Lipinski definition) is 5. The van der Waals surface area contributed by atoms with E-state index in [-0.39, 0.29) is 5.91 Å². The lowest BCUT2D eigenvalue weighted by atomic mass is 10.0. The van der Waals surface area contributed by atoms with Gasteiger partial charge in [0.15, 0.2) is 11.5 Å². The summed E-state index contributed by atoms with van der Waals surface area (Å²) < 4.78 is 21.2. The maximum absolute atomic E-state index is 12.4. The summed E-state index contributed by atoms with van der Waals surface area (Å²) in [7, 11) is 6.24. The van der Waals surface area contributed by atoms with Gasteiger partial charge in [0.2, 0.25) is 5.75 Å². The topological polar surface area (TPSA) is 66.0 Å². The summed E-state index contributed by atoms with van der Waals surface area (Å²) in [5, 5.41) is 2.85. The zero-order valence-electron chi connectivity index (χ0n) is 14.5. The normalized spacial score (nSPS) is 14.1. The Labute approximate surface area is 146 Å². The van der Waals surface area contributed by atoms with Gasteiger partial charge in [-0.15, -0.1) is 0 Å². The molecule has 0 unspecified atom stereocenters. The molecule has 1 amide bonds. The van der Waals surface area contributed by atoms with Gasteiger partial charge in [0.05, 0.1) is 34.1 Å². The second kappa shape index (κ2) is 6.76. The van der Waals surface area contributed by atoms with Crippen LogP contribution >= 0.6 is 0 Å². The van der Waals surface area contributed by atoms with Crippen LogP contribution in [0.15, 0.2) is 30.3 Å². The molecule has 2 aromatic rings. The SMILES string of the molecule is COc1ccc2c(c1)NC(=O)/C2=C\c1cc(OC)c(OC)c(OC)c1. The fourth-order valence-corrected chi connectivity index (χ4v) is 2.80. The van der Waals surface area contributed by atoms with Gasteiger partial charge < -0.3 is 24.3 Å². The quantitative estimate of drug-likeness (QED) is 0.846. The van der Waals surface area contributed by atoms with Crippen LogP contribution in [0.3, 0.4) is 0 Å². The third-order valence-electron chi connectivity index (χ3n) is 4.01. The Balaban J connectivity index is 2.09. The van der Waals surface area contributed by atoms with E-state index < -0.39 is 0 Å². The number of amides is 1. The fraction of sp³-hybridized carbons (Fsp3) is 0.211. The average Bonchev–Trinajstić information content (AvgIpc) is 2.95. The van der Waals surface area contributed by atoms with Crippen LogP contribution < -0.4 is 24.3 Å². The van der Waals surface area contributed by atoms with Gasteiger partial charge in [-0.2, -0.15) is 0 Å². The van der Waals surface area contributed by atoms with Crippen LogP contribution in [0.2, 0.25) is 0 Å². The maximum atomic E-state index is 12.4. The molecule has 0 aromatic heterocycles. The Morgan fingerprint density at radius 2 is 1.56 bits per heavy atom. The summed E-state index contributed by atoms with van der Waals surface area (Å²) in [4.78, 5) is 12.4. The first-order chi connectivity index (χ1) is 12.1. The lowest BCUT2D eigenvalue weighted by molar-refractivity contribution is -0.110. The van der Waals surface area contributed by atoms with Crippen LogP contribution in [-0.2, 0) is 4.79 Å². The Bertz CT molecular complexity index is 832. The molecule has 1 aliphatic heterocycles. The molecular formula is C19H19NO5. The summed E-state index contributed by atoms with van der Waals surface area (Å²) in [6.45, 7) is 0. The van der Waals surface area contributed by atoms with Crippen molar-refractivity contribution in [1.29, 1.82) is 0 Å². The van der Waals surface area contributed by atoms with Gasteiger partial charge in [-0.3, -0.25) is 4.79 Å². The minimum atomic E-state index is -0.169. The monoisotopic (exact) mass is 341 g/mol. The second-order valence-electron chi connectivity index (χ2n) is 5.38. The van der Waals surface area contributed by atoms with Gasteiger partial charge in [-0.1, -0.05) is 0 Å². The summed E-state index contributed by atoms with van der Waals surface area (Å²) in [6, 6.07) is 9.06. The zero-order chi connectivity index (χ0) is 18.0. The van der Waals surface area contributed by atoms with Gasteiger partial charge in [0.1, 0.15) is 5.75 Å². The van der Waals surface area contributed by atoms with E-state index in [0.29, 0.717) is 28.6 Å². The van der Waals surface area contributed by atoms with Crippen molar-refractivity contribution in [3.8, 4) is 23.0 Å². The molecule has 130 valence electrons. The zero-order valence-corrected chi connectivity index (χ0v) is 14.5. The predicted molar refractivity (Wildman–Crippen MR) is 95.6 cm³/mol. The summed E-state index contributed by atoms with van der Waals surface area (Å²) in [5.41, 5.74) is 2.87. The molecule has 0 saturated carbocycles. The van der Waals surface area contributed by atoms with E-state index in [9.17, 15) is 4.79 Å². The Morgan fingerprint density at radius 3 is 2.12 bits per heavy atom. The predicted octanol–water partition coefficient (Wildman–Crippen LogP) is 3.21. The Hall–Kier alpha value is -3.15. The number of methoxy groups -OCH3 is 4. The number of nitrogens with one attached hydrogen (secondary N) is 1. The van der Waals surface area contributed by atoms with Crippen LogP contribution in [0, 0.1) is 0 Å². The molecule has 0 atom stereocenters. The van der Waals surface area contributed by atoms with Crippen molar-refractivity contribution in [3.63, 3.8) is 0 Å². The molecule has 1 aliphatic rings. The number of rotatable bonds is 5. The van der Waals surface area contributed by atoms with Crippen LogP contribution in [0.25, 0.3) is 11.6 Å². The molecule has 0 fully saturated rings. The highest BCUT2D eigenvalue weighted by molar-refractivity contribution is 6.35. The average molecular weight is 341 g/mol. The Morgan fingerprint density at radius 1 is 0.880 bits per heavy atom. The summed E-state index contributed by atoms with van der Waals surface area (Å²) in [6.07, 6.45) is 1.79. The van der Waals surface area contributed by atoms with E-state index in [1.54, 1.807) is 52.7 Å². The molecule has 1 heterocycles. The first-order valence-electron chi connectivity index (χ1n) is 7.62. The smallest absolute Gasteiger partial charge is 0.256 e. The molecule has 0 spiro atoms. The lowest BCUT2D eigenvalue weighted by Gasteiger charge is -2.13. The third-order valence-corrected chi connectivity index (χ3v) is 4.01. The van der Waals surface area contributed by atoms with Gasteiger partial charge >= 0.3 is 0 Å². The summed E-state index contributed by atoms with van der Waals surface area (Å²) >= 11 is 0. The van der Waals surface area contributed by atoms with Crippen LogP contribution in [0.1, 0.15) is 11.1 Å². The van der Waals surface area contributed by atoms with Crippen molar-refractivity contribution in [2.75, 3.05) is 33.8 Å². The highest BCUT2D eigenvalue weighted by Crippen LogP contribution is 2.40. The maximum Gasteiger partial charge on any atom is 0.256 e. The molecule has 3 rings (SSSR count). The molecule has 6 heteroatoms. The van der Waals surface area contributed by atoms with Gasteiger partial charge in [-0.05, 0) is 35.9 Å². The number of fused-ring (bicyclic) bond motifs is 1. The minimum absolute atomic E-state index is 0.169. The molecule has 0 bridgehead atoms. The highest BCUT2D eigenvalue weighted by Gasteiger charge is 2.25. The highest BCUT2D eigenvalue weighted by atomic mass is 16.5. The van der Waals surface area contributed by atoms with E-state index in [1.807, 2.05) is 12.1 Å². The van der Waals surface area contributed by atoms with Crippen LogP contribution in [-0.4, -0.2) is 34.3 Å². The first kappa shape index (κ1) is 16.7.